The van der Waals surface area contributed by atoms with Crippen LogP contribution in [0.3, 0.4) is 0 Å². The minimum atomic E-state index is -1.19. The summed E-state index contributed by atoms with van der Waals surface area (Å²) in [6.45, 7) is 4.25. The first-order valence-electron chi connectivity index (χ1n) is 16.2. The van der Waals surface area contributed by atoms with Gasteiger partial charge in [-0.1, -0.05) is 123 Å². The Balaban J connectivity index is 1.66. The van der Waals surface area contributed by atoms with Crippen LogP contribution in [0.1, 0.15) is 162 Å². The van der Waals surface area contributed by atoms with E-state index >= 15 is 0 Å². The highest BCUT2D eigenvalue weighted by molar-refractivity contribution is 6.02. The molecule has 0 aromatic heterocycles. The van der Waals surface area contributed by atoms with Crippen LogP contribution in [0.15, 0.2) is 0 Å². The van der Waals surface area contributed by atoms with Crippen LogP contribution in [0.5, 0.6) is 0 Å². The summed E-state index contributed by atoms with van der Waals surface area (Å²) in [7, 11) is 0. The molecule has 1 amide bonds. The van der Waals surface area contributed by atoms with Gasteiger partial charge in [0.2, 0.25) is 5.91 Å². The normalized spacial score (nSPS) is 21.4. The summed E-state index contributed by atoms with van der Waals surface area (Å²) in [4.78, 5) is 37.3. The van der Waals surface area contributed by atoms with Gasteiger partial charge < -0.3 is 15.2 Å². The number of esters is 2. The molecule has 220 valence electrons. The molecule has 1 aliphatic heterocycles. The number of nitrogens with two attached hydrogens (primary N) is 1. The number of hydrogen-bond acceptors (Lipinski definition) is 5. The summed E-state index contributed by atoms with van der Waals surface area (Å²) in [5.74, 6) is -1.30. The number of unbranched alkanes of at least 4 members (excludes halogenated alkanes) is 14. The van der Waals surface area contributed by atoms with Crippen molar-refractivity contribution < 1.29 is 23.9 Å². The molecule has 6 nitrogen and oxygen atoms in total. The standard InChI is InChI=1S/C32H57NO5/c1-3-5-6-7-8-9-10-11-12-13-14-15-16-17-19-22-26(25-28-27(4-2)29(34)38-28)37-31(36)32(30(33)35)23-20-18-21-24-32/h26-28H,3-25H2,1-2H3,(H2,33,35)/t26-,27-,28-/m0/s1. The van der Waals surface area contributed by atoms with Gasteiger partial charge in [0.1, 0.15) is 17.6 Å². The molecule has 0 bridgehead atoms. The van der Waals surface area contributed by atoms with E-state index in [0.717, 1.165) is 44.9 Å². The summed E-state index contributed by atoms with van der Waals surface area (Å²) >= 11 is 0. The fraction of sp³-hybridized carbons (Fsp3) is 0.906. The predicted molar refractivity (Wildman–Crippen MR) is 152 cm³/mol. The third kappa shape index (κ3) is 10.9. The number of hydrogen-bond donors (Lipinski definition) is 1. The third-order valence-corrected chi connectivity index (χ3v) is 8.93. The zero-order chi connectivity index (χ0) is 27.6. The molecule has 2 fully saturated rings. The fourth-order valence-corrected chi connectivity index (χ4v) is 6.24. The van der Waals surface area contributed by atoms with E-state index in [1.807, 2.05) is 6.92 Å². The van der Waals surface area contributed by atoms with E-state index in [0.29, 0.717) is 19.3 Å². The van der Waals surface area contributed by atoms with Gasteiger partial charge in [-0.05, 0) is 32.1 Å². The maximum absolute atomic E-state index is 13.2. The molecule has 6 heteroatoms. The Morgan fingerprint density at radius 3 is 1.79 bits per heavy atom. The maximum Gasteiger partial charge on any atom is 0.321 e. The second kappa shape index (κ2) is 18.7. The Morgan fingerprint density at radius 2 is 1.34 bits per heavy atom. The van der Waals surface area contributed by atoms with Crippen molar-refractivity contribution in [3.05, 3.63) is 0 Å². The first-order valence-corrected chi connectivity index (χ1v) is 16.2. The zero-order valence-corrected chi connectivity index (χ0v) is 24.6. The van der Waals surface area contributed by atoms with Crippen LogP contribution >= 0.6 is 0 Å². The van der Waals surface area contributed by atoms with E-state index in [1.54, 1.807) is 0 Å². The van der Waals surface area contributed by atoms with Crippen molar-refractivity contribution >= 4 is 17.8 Å². The SMILES string of the molecule is CCCCCCCCCCCCCCCCC[C@@H](C[C@@H]1OC(=O)[C@H]1CC)OC(=O)C1(C(N)=O)CCCCC1. The molecule has 0 unspecified atom stereocenters. The summed E-state index contributed by atoms with van der Waals surface area (Å²) in [5.41, 5.74) is 4.52. The lowest BCUT2D eigenvalue weighted by molar-refractivity contribution is -0.191. The Morgan fingerprint density at radius 1 is 0.842 bits per heavy atom. The largest absolute Gasteiger partial charge is 0.461 e. The molecule has 0 aromatic carbocycles. The van der Waals surface area contributed by atoms with E-state index in [4.69, 9.17) is 15.2 Å². The summed E-state index contributed by atoms with van der Waals surface area (Å²) in [5, 5.41) is 0. The van der Waals surface area contributed by atoms with Gasteiger partial charge in [-0.15, -0.1) is 0 Å². The van der Waals surface area contributed by atoms with E-state index in [2.05, 4.69) is 6.92 Å². The highest BCUT2D eigenvalue weighted by atomic mass is 16.6. The molecule has 1 aliphatic carbocycles. The average molecular weight is 536 g/mol. The Hall–Kier alpha value is -1.59. The Labute approximate surface area is 232 Å². The van der Waals surface area contributed by atoms with Gasteiger partial charge in [0, 0.05) is 6.42 Å². The van der Waals surface area contributed by atoms with Crippen LogP contribution in [0, 0.1) is 11.3 Å². The minimum Gasteiger partial charge on any atom is -0.461 e. The van der Waals surface area contributed by atoms with Crippen molar-refractivity contribution in [3.63, 3.8) is 0 Å². The average Bonchev–Trinajstić information content (AvgIpc) is 2.90. The summed E-state index contributed by atoms with van der Waals surface area (Å²) < 4.78 is 11.4. The number of primary amides is 1. The molecular formula is C32H57NO5. The monoisotopic (exact) mass is 535 g/mol. The van der Waals surface area contributed by atoms with Crippen LogP contribution < -0.4 is 5.73 Å². The molecule has 1 heterocycles. The van der Waals surface area contributed by atoms with Gasteiger partial charge in [0.15, 0.2) is 0 Å². The van der Waals surface area contributed by atoms with Crippen molar-refractivity contribution in [1.82, 2.24) is 0 Å². The van der Waals surface area contributed by atoms with Gasteiger partial charge in [-0.2, -0.15) is 0 Å². The molecule has 3 atom stereocenters. The molecule has 0 aromatic rings. The lowest BCUT2D eigenvalue weighted by Gasteiger charge is -2.38. The second-order valence-corrected chi connectivity index (χ2v) is 12.0. The molecule has 38 heavy (non-hydrogen) atoms. The van der Waals surface area contributed by atoms with Crippen molar-refractivity contribution in [2.24, 2.45) is 17.1 Å². The van der Waals surface area contributed by atoms with Crippen molar-refractivity contribution in [1.29, 1.82) is 0 Å². The van der Waals surface area contributed by atoms with Crippen LogP contribution in [0.4, 0.5) is 0 Å². The number of carbonyl (C=O) groups excluding carboxylic acids is 3. The van der Waals surface area contributed by atoms with Gasteiger partial charge in [-0.25, -0.2) is 0 Å². The lowest BCUT2D eigenvalue weighted by Crippen LogP contribution is -2.49. The first kappa shape index (κ1) is 32.6. The maximum atomic E-state index is 13.2. The minimum absolute atomic E-state index is 0.114. The highest BCUT2D eigenvalue weighted by Crippen LogP contribution is 2.39. The molecule has 0 spiro atoms. The van der Waals surface area contributed by atoms with Gasteiger partial charge in [0.05, 0.1) is 5.92 Å². The number of amides is 1. The topological polar surface area (TPSA) is 95.7 Å². The molecule has 2 N–H and O–H groups in total. The smallest absolute Gasteiger partial charge is 0.321 e. The number of carbonyl (C=O) groups is 3. The Kier molecular flexibility index (Phi) is 16.0. The second-order valence-electron chi connectivity index (χ2n) is 12.0. The van der Waals surface area contributed by atoms with Gasteiger partial charge in [-0.3, -0.25) is 14.4 Å². The van der Waals surface area contributed by atoms with Crippen LogP contribution in [-0.2, 0) is 23.9 Å². The van der Waals surface area contributed by atoms with Crippen molar-refractivity contribution in [2.75, 3.05) is 0 Å². The first-order chi connectivity index (χ1) is 18.4. The van der Waals surface area contributed by atoms with E-state index in [-0.39, 0.29) is 24.1 Å². The van der Waals surface area contributed by atoms with Gasteiger partial charge in [0.25, 0.3) is 0 Å². The Bertz CT molecular complexity index is 687. The highest BCUT2D eigenvalue weighted by Gasteiger charge is 2.48. The third-order valence-electron chi connectivity index (χ3n) is 8.93. The number of cyclic esters (lactones) is 1. The molecule has 1 saturated carbocycles. The number of rotatable bonds is 22. The fourth-order valence-electron chi connectivity index (χ4n) is 6.24. The van der Waals surface area contributed by atoms with E-state index in [9.17, 15) is 14.4 Å². The molecule has 2 rings (SSSR count). The van der Waals surface area contributed by atoms with Crippen molar-refractivity contribution in [2.45, 2.75) is 174 Å². The predicted octanol–water partition coefficient (Wildman–Crippen LogP) is 7.94. The van der Waals surface area contributed by atoms with Gasteiger partial charge >= 0.3 is 11.9 Å². The zero-order valence-electron chi connectivity index (χ0n) is 24.6. The van der Waals surface area contributed by atoms with Crippen LogP contribution in [0.25, 0.3) is 0 Å². The van der Waals surface area contributed by atoms with E-state index in [1.165, 1.54) is 83.5 Å². The summed E-state index contributed by atoms with van der Waals surface area (Å²) in [6, 6.07) is 0. The van der Waals surface area contributed by atoms with Crippen LogP contribution in [0.2, 0.25) is 0 Å². The molecule has 0 radical (unpaired) electrons. The quantitative estimate of drug-likeness (QED) is 0.0862. The van der Waals surface area contributed by atoms with E-state index < -0.39 is 17.3 Å². The summed E-state index contributed by atoms with van der Waals surface area (Å²) in [6.07, 6.45) is 24.6. The van der Waals surface area contributed by atoms with Crippen LogP contribution in [-0.4, -0.2) is 30.1 Å². The molecule has 1 saturated heterocycles. The molecular weight excluding hydrogens is 478 g/mol. The number of ether oxygens (including phenoxy) is 2. The molecule has 2 aliphatic rings. The lowest BCUT2D eigenvalue weighted by atomic mass is 9.73. The van der Waals surface area contributed by atoms with Crippen molar-refractivity contribution in [3.8, 4) is 0 Å².